The minimum Gasteiger partial charge on any atom is -0.507 e. The first-order valence-corrected chi connectivity index (χ1v) is 44.9. The Morgan fingerprint density at radius 2 is 0.891 bits per heavy atom. The van der Waals surface area contributed by atoms with Gasteiger partial charge in [-0.2, -0.15) is 0 Å². The molecule has 0 amide bonds. The standard InChI is InChI=1S/C36H35N3.C31H20N2.C23H15N2.C18H13FN.C15H12O2.2Ir.2Pt/c1-35(2,3)28-23-29(36(4,5)6)25-31(24-28)39(30-17-12-16-27(22-30)32-18-10-11-21-37-32)34-20-13-19-33(38-34)26-14-8-7-9-15-26;1-3-11-26-24(9-1)18-22(20-28(26)30-13-5-7-15-32-30)17-23-19-25-10-2-4-12-27(25)29(21-23)31-14-6-8-16-33-31;1-3-13-22-19(10-1)20-11-2-4-14-23(20)25(22)18-9-7-8-17(16-18)21-12-5-6-15-24-21;1-18(2)13-7-3-5-11-9-10-20-17(15(11)13)12-6-4-8-14(19)16(12)18;16-14(12-7-3-1-4-8-12)11-15(17)13-9-5-2-6-10-13;;;;/h7-14,16-21,23-25H,1-6H3;1-16,18-19H,17H2;1-7,9-16H;3-5,7-10H,1-2H3;1-11,16H;;;;/q2*-2;2*-1;;;;2*+2. The third-order valence-corrected chi connectivity index (χ3v) is 24.0. The van der Waals surface area contributed by atoms with Crippen LogP contribution in [-0.4, -0.2) is 45.4 Å². The molecule has 138 heavy (non-hydrogen) atoms. The first-order chi connectivity index (χ1) is 65.2. The van der Waals surface area contributed by atoms with Gasteiger partial charge in [0.05, 0.1) is 11.0 Å². The van der Waals surface area contributed by atoms with Crippen LogP contribution in [0.1, 0.15) is 105 Å². The number of aliphatic hydroxyl groups excluding tert-OH is 1. The van der Waals surface area contributed by atoms with Crippen molar-refractivity contribution >= 4 is 82.9 Å². The normalized spacial score (nSPS) is 11.6. The van der Waals surface area contributed by atoms with E-state index in [0.717, 1.165) is 135 Å². The predicted molar refractivity (Wildman–Crippen MR) is 546 cm³/mol. The molecule has 7 heterocycles. The molecule has 686 valence electrons. The third-order valence-electron chi connectivity index (χ3n) is 24.0. The summed E-state index contributed by atoms with van der Waals surface area (Å²) in [4.78, 5) is 41.8. The Balaban J connectivity index is 0.000000141. The van der Waals surface area contributed by atoms with Gasteiger partial charge >= 0.3 is 42.1 Å². The van der Waals surface area contributed by atoms with Crippen LogP contribution in [0.4, 0.5) is 21.6 Å². The minimum atomic E-state index is -0.382. The summed E-state index contributed by atoms with van der Waals surface area (Å²) < 4.78 is 16.7. The SMILES string of the molecule is CC(C)(C)c1cc(N(c2[c-]c(-c3ccccn3)ccc2)c2cccc(-c3[c-]cccc3)n2)cc(C(C)(C)C)c1.CC1(C)c2c([c-]ccc2F)-c2nccc3cccc1c23.O=C(C=C(O)c1ccccc1)c1ccccc1.[Ir].[Ir].[Pt+2].[Pt+2].[c-]1c(Cc2[c-]c(-c3ccccn3)c3ccccc3c2)cc2ccccc2c1-c1ccccn1.[c-]1ccc(-n2c3ccccc3c3ccccc32)cc1-c1ccccn1. The molecule has 1 N–H and O–H groups in total. The summed E-state index contributed by atoms with van der Waals surface area (Å²) in [6, 6.07) is 146. The summed E-state index contributed by atoms with van der Waals surface area (Å²) in [7, 11) is 0. The van der Waals surface area contributed by atoms with Crippen LogP contribution in [0.3, 0.4) is 0 Å². The van der Waals surface area contributed by atoms with Crippen molar-refractivity contribution in [1.29, 1.82) is 0 Å². The Labute approximate surface area is 862 Å². The van der Waals surface area contributed by atoms with E-state index in [4.69, 9.17) is 4.98 Å². The van der Waals surface area contributed by atoms with Crippen LogP contribution >= 0.6 is 0 Å². The molecule has 0 unspecified atom stereocenters. The largest absolute Gasteiger partial charge is 2.00 e. The maximum Gasteiger partial charge on any atom is 2.00 e. The van der Waals surface area contributed by atoms with Crippen molar-refractivity contribution in [3.63, 3.8) is 0 Å². The monoisotopic (exact) mass is 2510 g/mol. The summed E-state index contributed by atoms with van der Waals surface area (Å²) in [5.74, 6) is 0.425. The molecule has 21 aromatic rings. The van der Waals surface area contributed by atoms with Gasteiger partial charge < -0.3 is 39.5 Å². The molecule has 10 nitrogen and oxygen atoms in total. The molecule has 0 saturated heterocycles. The fraction of sp³-hybridized carbons (Fsp3) is 0.0976. The maximum atomic E-state index is 14.4. The van der Waals surface area contributed by atoms with Crippen molar-refractivity contribution in [2.24, 2.45) is 0 Å². The van der Waals surface area contributed by atoms with Gasteiger partial charge in [-0.1, -0.05) is 302 Å². The van der Waals surface area contributed by atoms with Gasteiger partial charge in [0.15, 0.2) is 5.78 Å². The number of halogens is 1. The number of anilines is 3. The van der Waals surface area contributed by atoms with E-state index in [9.17, 15) is 14.3 Å². The van der Waals surface area contributed by atoms with Gasteiger partial charge in [-0.25, -0.2) is 4.39 Å². The first kappa shape index (κ1) is 100. The van der Waals surface area contributed by atoms with Gasteiger partial charge in [0.2, 0.25) is 0 Å². The molecule has 15 heteroatoms. The second-order valence-corrected chi connectivity index (χ2v) is 35.5. The molecule has 0 saturated carbocycles. The second-order valence-electron chi connectivity index (χ2n) is 35.5. The number of fused-ring (bicyclic) bond motifs is 7. The van der Waals surface area contributed by atoms with Crippen molar-refractivity contribution in [3.8, 4) is 73.2 Å². The van der Waals surface area contributed by atoms with Gasteiger partial charge in [-0.15, -0.1) is 177 Å². The van der Waals surface area contributed by atoms with E-state index in [2.05, 4.69) is 308 Å². The van der Waals surface area contributed by atoms with Gasteiger partial charge in [0, 0.05) is 111 Å². The molecule has 0 fully saturated rings. The molecule has 0 spiro atoms. The Bertz CT molecular complexity index is 7530. The van der Waals surface area contributed by atoms with Crippen LogP contribution in [0.25, 0.3) is 133 Å². The Morgan fingerprint density at radius 3 is 1.45 bits per heavy atom. The maximum absolute atomic E-state index is 14.4. The number of nitrogens with zero attached hydrogens (tertiary/aromatic N) is 8. The van der Waals surface area contributed by atoms with Crippen LogP contribution in [-0.2, 0) is 105 Å². The molecular formula is C123H95FIr2N8O2Pt2-2. The predicted octanol–water partition coefficient (Wildman–Crippen LogP) is 30.4. The molecular weight excluding hydrogens is 2410 g/mol. The van der Waals surface area contributed by atoms with Gasteiger partial charge in [0.25, 0.3) is 0 Å². The summed E-state index contributed by atoms with van der Waals surface area (Å²) in [6.07, 6.45) is 11.1. The van der Waals surface area contributed by atoms with E-state index in [-0.39, 0.29) is 116 Å². The fourth-order valence-corrected chi connectivity index (χ4v) is 17.2. The summed E-state index contributed by atoms with van der Waals surface area (Å²) in [6.45, 7) is 17.7. The molecule has 0 atom stereocenters. The molecule has 0 aliphatic heterocycles. The quantitative estimate of drug-likeness (QED) is 0.0491. The van der Waals surface area contributed by atoms with Crippen molar-refractivity contribution < 1.29 is 96.6 Å². The molecule has 2 radical (unpaired) electrons. The number of aromatic nitrogens is 7. The van der Waals surface area contributed by atoms with Crippen molar-refractivity contribution in [3.05, 3.63) is 500 Å². The zero-order valence-corrected chi connectivity index (χ0v) is 86.4. The average molecular weight is 2510 g/mol. The fourth-order valence-electron chi connectivity index (χ4n) is 17.2. The number of hydrogen-bond acceptors (Lipinski definition) is 9. The van der Waals surface area contributed by atoms with E-state index >= 15 is 0 Å². The number of aliphatic hydroxyl groups is 1. The smallest absolute Gasteiger partial charge is 0.507 e. The number of allylic oxidation sites excluding steroid dienone is 1. The molecule has 1 aliphatic carbocycles. The van der Waals surface area contributed by atoms with Crippen LogP contribution in [0, 0.1) is 42.2 Å². The van der Waals surface area contributed by atoms with Crippen molar-refractivity contribution in [1.82, 2.24) is 34.5 Å². The van der Waals surface area contributed by atoms with E-state index in [1.54, 1.807) is 48.7 Å². The number of pyridine rings is 6. The number of para-hydroxylation sites is 2. The number of carbonyl (C=O) groups excluding carboxylic acids is 1. The first-order valence-electron chi connectivity index (χ1n) is 44.9. The number of rotatable bonds is 14. The van der Waals surface area contributed by atoms with Gasteiger partial charge in [0.1, 0.15) is 11.6 Å². The zero-order valence-electron chi connectivity index (χ0n) is 77.1. The van der Waals surface area contributed by atoms with E-state index in [1.165, 1.54) is 55.8 Å². The number of carbonyl (C=O) groups is 1. The van der Waals surface area contributed by atoms with Crippen LogP contribution in [0.2, 0.25) is 0 Å². The average Bonchev–Trinajstić information content (AvgIpc) is 1.17. The third kappa shape index (κ3) is 22.5. The number of benzene rings is 14. The van der Waals surface area contributed by atoms with Gasteiger partial charge in [-0.3, -0.25) is 9.78 Å². The summed E-state index contributed by atoms with van der Waals surface area (Å²) in [5.41, 5.74) is 24.1. The van der Waals surface area contributed by atoms with Crippen molar-refractivity contribution in [2.45, 2.75) is 78.1 Å². The summed E-state index contributed by atoms with van der Waals surface area (Å²) >= 11 is 0. The number of hydrogen-bond donors (Lipinski definition) is 1. The Kier molecular flexibility index (Phi) is 32.6. The summed E-state index contributed by atoms with van der Waals surface area (Å²) in [5, 5.41) is 19.3. The molecule has 22 rings (SSSR count). The number of ketones is 1. The van der Waals surface area contributed by atoms with Crippen LogP contribution in [0.5, 0.6) is 0 Å². The Morgan fingerprint density at radius 1 is 0.413 bits per heavy atom. The van der Waals surface area contributed by atoms with Gasteiger partial charge in [-0.05, 0) is 156 Å². The molecule has 14 aromatic carbocycles. The molecule has 0 bridgehead atoms. The topological polar surface area (TPSA) is 123 Å². The molecule has 7 aromatic heterocycles. The van der Waals surface area contributed by atoms with E-state index < -0.39 is 0 Å². The van der Waals surface area contributed by atoms with Crippen molar-refractivity contribution in [2.75, 3.05) is 4.90 Å². The van der Waals surface area contributed by atoms with E-state index in [1.807, 2.05) is 170 Å². The minimum absolute atomic E-state index is 0. The molecule has 1 aliphatic rings. The Hall–Kier alpha value is -13.8. The van der Waals surface area contributed by atoms with Crippen LogP contribution < -0.4 is 4.90 Å². The zero-order chi connectivity index (χ0) is 92.3. The van der Waals surface area contributed by atoms with Crippen LogP contribution in [0.15, 0.2) is 413 Å². The second kappa shape index (κ2) is 45.0. The van der Waals surface area contributed by atoms with E-state index in [0.29, 0.717) is 16.7 Å².